The minimum atomic E-state index is -0.899. The minimum absolute atomic E-state index is 0.316. The maximum absolute atomic E-state index is 11.1. The first kappa shape index (κ1) is 18.1. The van der Waals surface area contributed by atoms with Gasteiger partial charge in [0.2, 0.25) is 0 Å². The molecule has 4 aromatic rings. The van der Waals surface area contributed by atoms with Crippen molar-refractivity contribution in [3.05, 3.63) is 88.5 Å². The summed E-state index contributed by atoms with van der Waals surface area (Å²) in [5.41, 5.74) is 5.14. The van der Waals surface area contributed by atoms with Gasteiger partial charge in [-0.2, -0.15) is 0 Å². The Morgan fingerprint density at radius 1 is 0.857 bits per heavy atom. The number of ether oxygens (including phenoxy) is 1. The number of hydrogen-bond acceptors (Lipinski definition) is 2. The van der Waals surface area contributed by atoms with Crippen LogP contribution < -0.4 is 4.74 Å². The van der Waals surface area contributed by atoms with Gasteiger partial charge in [0.1, 0.15) is 5.75 Å². The number of carboxylic acids is 1. The summed E-state index contributed by atoms with van der Waals surface area (Å²) in [6.45, 7) is 4.21. The molecule has 0 aliphatic heterocycles. The van der Waals surface area contributed by atoms with Crippen LogP contribution in [-0.2, 0) is 6.42 Å². The zero-order valence-corrected chi connectivity index (χ0v) is 16.2. The summed E-state index contributed by atoms with van der Waals surface area (Å²) >= 11 is 0. The van der Waals surface area contributed by atoms with E-state index in [4.69, 9.17) is 9.84 Å². The third-order valence-electron chi connectivity index (χ3n) is 5.41. The van der Waals surface area contributed by atoms with Crippen molar-refractivity contribution in [3.8, 4) is 5.75 Å². The Kier molecular flexibility index (Phi) is 4.52. The van der Waals surface area contributed by atoms with Crippen LogP contribution in [0.5, 0.6) is 5.75 Å². The minimum Gasteiger partial charge on any atom is -0.496 e. The van der Waals surface area contributed by atoms with E-state index in [1.165, 1.54) is 27.5 Å². The molecule has 0 saturated carbocycles. The van der Waals surface area contributed by atoms with Gasteiger partial charge >= 0.3 is 5.97 Å². The quantitative estimate of drug-likeness (QED) is 0.486. The van der Waals surface area contributed by atoms with E-state index >= 15 is 0 Å². The number of methoxy groups -OCH3 is 1. The van der Waals surface area contributed by atoms with Gasteiger partial charge in [-0.15, -0.1) is 0 Å². The second-order valence-electron chi connectivity index (χ2n) is 7.28. The summed E-state index contributed by atoms with van der Waals surface area (Å²) in [5, 5.41) is 13.6. The number of benzene rings is 4. The van der Waals surface area contributed by atoms with Crippen molar-refractivity contribution in [2.45, 2.75) is 20.3 Å². The fourth-order valence-corrected chi connectivity index (χ4v) is 3.86. The van der Waals surface area contributed by atoms with Crippen LogP contribution in [0.25, 0.3) is 21.5 Å². The van der Waals surface area contributed by atoms with Crippen molar-refractivity contribution in [1.29, 1.82) is 0 Å². The zero-order chi connectivity index (χ0) is 19.8. The van der Waals surface area contributed by atoms with Gasteiger partial charge in [0.15, 0.2) is 0 Å². The predicted octanol–water partition coefficient (Wildman–Crippen LogP) is 5.91. The number of carboxylic acid groups (broad SMARTS) is 1. The molecule has 3 nitrogen and oxygen atoms in total. The molecule has 0 aliphatic carbocycles. The molecular formula is C25H22O3. The van der Waals surface area contributed by atoms with Crippen molar-refractivity contribution < 1.29 is 14.6 Å². The van der Waals surface area contributed by atoms with Gasteiger partial charge in [0, 0.05) is 0 Å². The second-order valence-corrected chi connectivity index (χ2v) is 7.28. The lowest BCUT2D eigenvalue weighted by Crippen LogP contribution is -1.96. The average molecular weight is 370 g/mol. The second kappa shape index (κ2) is 7.01. The zero-order valence-electron chi connectivity index (χ0n) is 16.2. The molecule has 140 valence electrons. The summed E-state index contributed by atoms with van der Waals surface area (Å²) in [4.78, 5) is 11.1. The molecule has 0 heterocycles. The van der Waals surface area contributed by atoms with Crippen LogP contribution >= 0.6 is 0 Å². The molecular weight excluding hydrogens is 348 g/mol. The lowest BCUT2D eigenvalue weighted by molar-refractivity contribution is 0.0697. The number of aromatic carboxylic acids is 1. The highest BCUT2D eigenvalue weighted by Crippen LogP contribution is 2.31. The van der Waals surface area contributed by atoms with Gasteiger partial charge in [-0.05, 0) is 82.3 Å². The van der Waals surface area contributed by atoms with Crippen LogP contribution in [0.4, 0.5) is 0 Å². The van der Waals surface area contributed by atoms with Crippen LogP contribution in [0.1, 0.15) is 32.6 Å². The Morgan fingerprint density at radius 2 is 1.54 bits per heavy atom. The van der Waals surface area contributed by atoms with Crippen molar-refractivity contribution >= 4 is 27.5 Å². The topological polar surface area (TPSA) is 46.5 Å². The number of carbonyl (C=O) groups is 1. The highest BCUT2D eigenvalue weighted by atomic mass is 16.5. The predicted molar refractivity (Wildman–Crippen MR) is 114 cm³/mol. The van der Waals surface area contributed by atoms with Gasteiger partial charge in [-0.25, -0.2) is 4.79 Å². The molecule has 0 aliphatic rings. The lowest BCUT2D eigenvalue weighted by Gasteiger charge is -2.13. The Balaban J connectivity index is 1.70. The number of aryl methyl sites for hydroxylation is 2. The molecule has 3 heteroatoms. The number of rotatable bonds is 4. The Hall–Kier alpha value is -3.33. The third-order valence-corrected chi connectivity index (χ3v) is 5.41. The number of hydrogen-bond donors (Lipinski definition) is 1. The van der Waals surface area contributed by atoms with E-state index in [9.17, 15) is 4.79 Å². The Bertz CT molecular complexity index is 1220. The van der Waals surface area contributed by atoms with Gasteiger partial charge in [-0.3, -0.25) is 0 Å². The monoisotopic (exact) mass is 370 g/mol. The van der Waals surface area contributed by atoms with Crippen molar-refractivity contribution in [1.82, 2.24) is 0 Å². The van der Waals surface area contributed by atoms with Crippen LogP contribution in [-0.4, -0.2) is 18.2 Å². The van der Waals surface area contributed by atoms with Crippen molar-refractivity contribution in [2.24, 2.45) is 0 Å². The average Bonchev–Trinajstić information content (AvgIpc) is 2.70. The molecule has 0 saturated heterocycles. The Morgan fingerprint density at radius 3 is 2.29 bits per heavy atom. The standard InChI is InChI=1S/C25H22O3/c1-15-10-24(28-3)16(2)22-9-5-18(13-23(15)22)11-17-4-6-20-14-21(25(26)27)8-7-19(20)12-17/h4-10,12-14H,11H2,1-3H3,(H,26,27). The molecule has 0 atom stereocenters. The fraction of sp³-hybridized carbons (Fsp3) is 0.160. The molecule has 0 fully saturated rings. The summed E-state index contributed by atoms with van der Waals surface area (Å²) < 4.78 is 5.49. The first-order valence-electron chi connectivity index (χ1n) is 9.29. The van der Waals surface area contributed by atoms with Gasteiger partial charge in [0.05, 0.1) is 12.7 Å². The van der Waals surface area contributed by atoms with Gasteiger partial charge in [0.25, 0.3) is 0 Å². The first-order chi connectivity index (χ1) is 13.5. The SMILES string of the molecule is COc1cc(C)c2cc(Cc3ccc4cc(C(=O)O)ccc4c3)ccc2c1C. The summed E-state index contributed by atoms with van der Waals surface area (Å²) in [6, 6.07) is 20.2. The van der Waals surface area contributed by atoms with E-state index in [2.05, 4.69) is 50.2 Å². The highest BCUT2D eigenvalue weighted by molar-refractivity contribution is 5.94. The van der Waals surface area contributed by atoms with E-state index < -0.39 is 5.97 Å². The Labute approximate surface area is 164 Å². The molecule has 0 aromatic heterocycles. The van der Waals surface area contributed by atoms with E-state index in [1.54, 1.807) is 19.2 Å². The molecule has 0 bridgehead atoms. The lowest BCUT2D eigenvalue weighted by atomic mass is 9.95. The normalized spacial score (nSPS) is 11.1. The largest absolute Gasteiger partial charge is 0.496 e. The van der Waals surface area contributed by atoms with Gasteiger partial charge in [-0.1, -0.05) is 42.5 Å². The molecule has 0 amide bonds. The third kappa shape index (κ3) is 3.20. The maximum atomic E-state index is 11.1. The molecule has 1 N–H and O–H groups in total. The molecule has 0 radical (unpaired) electrons. The van der Waals surface area contributed by atoms with Gasteiger partial charge < -0.3 is 9.84 Å². The molecule has 4 aromatic carbocycles. The summed E-state index contributed by atoms with van der Waals surface area (Å²) in [6.07, 6.45) is 0.830. The van der Waals surface area contributed by atoms with E-state index in [1.807, 2.05) is 12.1 Å². The smallest absolute Gasteiger partial charge is 0.335 e. The highest BCUT2D eigenvalue weighted by Gasteiger charge is 2.09. The van der Waals surface area contributed by atoms with E-state index in [0.717, 1.165) is 28.5 Å². The molecule has 28 heavy (non-hydrogen) atoms. The van der Waals surface area contributed by atoms with Crippen LogP contribution in [0.15, 0.2) is 60.7 Å². The van der Waals surface area contributed by atoms with E-state index in [0.29, 0.717) is 5.56 Å². The first-order valence-corrected chi connectivity index (χ1v) is 9.29. The van der Waals surface area contributed by atoms with Crippen molar-refractivity contribution in [2.75, 3.05) is 7.11 Å². The van der Waals surface area contributed by atoms with E-state index in [-0.39, 0.29) is 0 Å². The summed E-state index contributed by atoms with van der Waals surface area (Å²) in [5.74, 6) is 0.0254. The molecule has 0 unspecified atom stereocenters. The molecule has 0 spiro atoms. The number of fused-ring (bicyclic) bond motifs is 2. The molecule has 4 rings (SSSR count). The summed E-state index contributed by atoms with van der Waals surface area (Å²) in [7, 11) is 1.71. The fourth-order valence-electron chi connectivity index (χ4n) is 3.86. The van der Waals surface area contributed by atoms with Crippen LogP contribution in [0.3, 0.4) is 0 Å². The maximum Gasteiger partial charge on any atom is 0.335 e. The van der Waals surface area contributed by atoms with Crippen LogP contribution in [0.2, 0.25) is 0 Å². The van der Waals surface area contributed by atoms with Crippen molar-refractivity contribution in [3.63, 3.8) is 0 Å². The van der Waals surface area contributed by atoms with Crippen LogP contribution in [0, 0.1) is 13.8 Å².